The van der Waals surface area contributed by atoms with Gasteiger partial charge >= 0.3 is 0 Å². The van der Waals surface area contributed by atoms with E-state index in [2.05, 4.69) is 19.2 Å². The van der Waals surface area contributed by atoms with E-state index in [1.807, 2.05) is 18.2 Å². The van der Waals surface area contributed by atoms with Gasteiger partial charge in [0.25, 0.3) is 0 Å². The van der Waals surface area contributed by atoms with E-state index in [-0.39, 0.29) is 18.1 Å². The first kappa shape index (κ1) is 16.1. The Hall–Kier alpha value is -1.75. The molecule has 1 aliphatic heterocycles. The first-order valence-corrected chi connectivity index (χ1v) is 8.38. The summed E-state index contributed by atoms with van der Waals surface area (Å²) >= 11 is 0. The van der Waals surface area contributed by atoms with Gasteiger partial charge in [-0.15, -0.1) is 0 Å². The van der Waals surface area contributed by atoms with Gasteiger partial charge in [-0.3, -0.25) is 4.79 Å². The van der Waals surface area contributed by atoms with Crippen LogP contribution >= 0.6 is 0 Å². The second-order valence-corrected chi connectivity index (χ2v) is 7.35. The van der Waals surface area contributed by atoms with Crippen LogP contribution in [-0.2, 0) is 10.2 Å². The molecule has 5 nitrogen and oxygen atoms in total. The zero-order valence-electron chi connectivity index (χ0n) is 14.0. The second kappa shape index (κ2) is 6.04. The summed E-state index contributed by atoms with van der Waals surface area (Å²) in [4.78, 5) is 12.5. The number of nitrogens with one attached hydrogen (secondary N) is 1. The van der Waals surface area contributed by atoms with Crippen molar-refractivity contribution in [1.82, 2.24) is 5.32 Å². The SMILES string of the molecule is CC(C)(CNC(=O)C1(N)CCCCC1)c1ccc2c(c1)OCO2. The van der Waals surface area contributed by atoms with E-state index in [9.17, 15) is 4.79 Å². The Labute approximate surface area is 137 Å². The molecule has 1 aliphatic carbocycles. The van der Waals surface area contributed by atoms with Crippen molar-refractivity contribution in [2.24, 2.45) is 5.73 Å². The van der Waals surface area contributed by atoms with E-state index in [0.717, 1.165) is 42.7 Å². The highest BCUT2D eigenvalue weighted by Crippen LogP contribution is 2.36. The minimum Gasteiger partial charge on any atom is -0.454 e. The predicted octanol–water partition coefficient (Wildman–Crippen LogP) is 2.47. The molecule has 1 amide bonds. The van der Waals surface area contributed by atoms with Crippen molar-refractivity contribution < 1.29 is 14.3 Å². The Morgan fingerprint density at radius 2 is 1.91 bits per heavy atom. The fourth-order valence-electron chi connectivity index (χ4n) is 3.31. The average molecular weight is 318 g/mol. The fourth-order valence-corrected chi connectivity index (χ4v) is 3.31. The van der Waals surface area contributed by atoms with Gasteiger partial charge in [0.1, 0.15) is 0 Å². The molecule has 0 unspecified atom stereocenters. The monoisotopic (exact) mass is 318 g/mol. The smallest absolute Gasteiger partial charge is 0.240 e. The molecule has 1 aromatic rings. The van der Waals surface area contributed by atoms with E-state index in [1.165, 1.54) is 6.42 Å². The minimum atomic E-state index is -0.691. The van der Waals surface area contributed by atoms with Crippen LogP contribution in [0.2, 0.25) is 0 Å². The van der Waals surface area contributed by atoms with E-state index < -0.39 is 5.54 Å². The predicted molar refractivity (Wildman–Crippen MR) is 88.6 cm³/mol. The van der Waals surface area contributed by atoms with Crippen molar-refractivity contribution in [2.45, 2.75) is 56.9 Å². The lowest BCUT2D eigenvalue weighted by Gasteiger charge is -2.34. The molecule has 126 valence electrons. The van der Waals surface area contributed by atoms with Crippen LogP contribution < -0.4 is 20.5 Å². The molecule has 23 heavy (non-hydrogen) atoms. The third-order valence-electron chi connectivity index (χ3n) is 5.04. The average Bonchev–Trinajstić information content (AvgIpc) is 3.01. The highest BCUT2D eigenvalue weighted by atomic mass is 16.7. The number of fused-ring (bicyclic) bond motifs is 1. The van der Waals surface area contributed by atoms with Crippen molar-refractivity contribution in [3.05, 3.63) is 23.8 Å². The third kappa shape index (κ3) is 3.29. The Balaban J connectivity index is 1.65. The molecule has 1 fully saturated rings. The summed E-state index contributed by atoms with van der Waals surface area (Å²) in [5.74, 6) is 1.52. The topological polar surface area (TPSA) is 73.6 Å². The maximum atomic E-state index is 12.5. The molecular formula is C18H26N2O3. The zero-order chi connectivity index (χ0) is 16.5. The van der Waals surface area contributed by atoms with Crippen molar-refractivity contribution in [3.63, 3.8) is 0 Å². The van der Waals surface area contributed by atoms with Crippen molar-refractivity contribution >= 4 is 5.91 Å². The molecule has 3 rings (SSSR count). The van der Waals surface area contributed by atoms with Gasteiger partial charge in [-0.25, -0.2) is 0 Å². The Bertz CT molecular complexity index is 592. The number of hydrogen-bond acceptors (Lipinski definition) is 4. The lowest BCUT2D eigenvalue weighted by atomic mass is 9.80. The molecule has 5 heteroatoms. The van der Waals surface area contributed by atoms with Gasteiger partial charge in [0.15, 0.2) is 11.5 Å². The molecule has 0 aromatic heterocycles. The number of ether oxygens (including phenoxy) is 2. The van der Waals surface area contributed by atoms with Crippen LogP contribution in [-0.4, -0.2) is 24.8 Å². The first-order valence-electron chi connectivity index (χ1n) is 8.38. The lowest BCUT2D eigenvalue weighted by Crippen LogP contribution is -2.56. The van der Waals surface area contributed by atoms with Gasteiger partial charge in [-0.1, -0.05) is 39.2 Å². The van der Waals surface area contributed by atoms with Gasteiger partial charge in [-0.05, 0) is 30.5 Å². The maximum absolute atomic E-state index is 12.5. The molecule has 0 radical (unpaired) electrons. The van der Waals surface area contributed by atoms with Crippen LogP contribution in [0.3, 0.4) is 0 Å². The number of rotatable bonds is 4. The van der Waals surface area contributed by atoms with Gasteiger partial charge in [0, 0.05) is 12.0 Å². The van der Waals surface area contributed by atoms with Crippen LogP contribution in [0, 0.1) is 0 Å². The maximum Gasteiger partial charge on any atom is 0.240 e. The van der Waals surface area contributed by atoms with Crippen molar-refractivity contribution in [1.29, 1.82) is 0 Å². The summed E-state index contributed by atoms with van der Waals surface area (Å²) in [6.45, 7) is 5.03. The highest BCUT2D eigenvalue weighted by Gasteiger charge is 2.36. The minimum absolute atomic E-state index is 0.0222. The molecule has 0 saturated heterocycles. The van der Waals surface area contributed by atoms with Crippen LogP contribution in [0.4, 0.5) is 0 Å². The standard InChI is InChI=1S/C18H26N2O3/c1-17(2,13-6-7-14-15(10-13)23-12-22-14)11-20-16(21)18(19)8-4-3-5-9-18/h6-7,10H,3-5,8-9,11-12,19H2,1-2H3,(H,20,21). The summed E-state index contributed by atoms with van der Waals surface area (Å²) in [6, 6.07) is 5.94. The Kier molecular flexibility index (Phi) is 4.23. The molecular weight excluding hydrogens is 292 g/mol. The summed E-state index contributed by atoms with van der Waals surface area (Å²) in [5, 5.41) is 3.06. The van der Waals surface area contributed by atoms with Crippen molar-refractivity contribution in [3.8, 4) is 11.5 Å². The van der Waals surface area contributed by atoms with Gasteiger partial charge < -0.3 is 20.5 Å². The summed E-state index contributed by atoms with van der Waals surface area (Å²) < 4.78 is 10.8. The third-order valence-corrected chi connectivity index (χ3v) is 5.04. The van der Waals surface area contributed by atoms with E-state index >= 15 is 0 Å². The molecule has 1 aromatic carbocycles. The number of benzene rings is 1. The van der Waals surface area contributed by atoms with Gasteiger partial charge in [0.05, 0.1) is 5.54 Å². The largest absolute Gasteiger partial charge is 0.454 e. The molecule has 0 atom stereocenters. The molecule has 0 bridgehead atoms. The molecule has 3 N–H and O–H groups in total. The van der Waals surface area contributed by atoms with Gasteiger partial charge in [-0.2, -0.15) is 0 Å². The van der Waals surface area contributed by atoms with Crippen LogP contribution in [0.1, 0.15) is 51.5 Å². The summed E-state index contributed by atoms with van der Waals surface area (Å²) in [5.41, 5.74) is 6.51. The molecule has 1 heterocycles. The number of nitrogens with two attached hydrogens (primary N) is 1. The van der Waals surface area contributed by atoms with E-state index in [0.29, 0.717) is 6.54 Å². The van der Waals surface area contributed by atoms with Crippen LogP contribution in [0.25, 0.3) is 0 Å². The molecule has 1 saturated carbocycles. The Morgan fingerprint density at radius 1 is 1.22 bits per heavy atom. The molecule has 0 spiro atoms. The number of carbonyl (C=O) groups is 1. The first-order chi connectivity index (χ1) is 10.9. The fraction of sp³-hybridized carbons (Fsp3) is 0.611. The quantitative estimate of drug-likeness (QED) is 0.894. The van der Waals surface area contributed by atoms with Crippen LogP contribution in [0.5, 0.6) is 11.5 Å². The second-order valence-electron chi connectivity index (χ2n) is 7.35. The molecule has 2 aliphatic rings. The lowest BCUT2D eigenvalue weighted by molar-refractivity contribution is -0.127. The summed E-state index contributed by atoms with van der Waals surface area (Å²) in [7, 11) is 0. The van der Waals surface area contributed by atoms with Gasteiger partial charge in [0.2, 0.25) is 12.7 Å². The normalized spacial score (nSPS) is 19.4. The van der Waals surface area contributed by atoms with E-state index in [1.54, 1.807) is 0 Å². The van der Waals surface area contributed by atoms with E-state index in [4.69, 9.17) is 15.2 Å². The number of carbonyl (C=O) groups excluding carboxylic acids is 1. The number of amides is 1. The number of hydrogen-bond donors (Lipinski definition) is 2. The summed E-state index contributed by atoms with van der Waals surface area (Å²) in [6.07, 6.45) is 4.81. The zero-order valence-corrected chi connectivity index (χ0v) is 14.0. The Morgan fingerprint density at radius 3 is 2.65 bits per heavy atom. The highest BCUT2D eigenvalue weighted by molar-refractivity contribution is 5.86. The van der Waals surface area contributed by atoms with Crippen LogP contribution in [0.15, 0.2) is 18.2 Å². The van der Waals surface area contributed by atoms with Crippen molar-refractivity contribution in [2.75, 3.05) is 13.3 Å².